The topological polar surface area (TPSA) is 86.1 Å². The van der Waals surface area contributed by atoms with E-state index < -0.39 is 0 Å². The molecule has 2 heterocycles. The molecule has 1 saturated carbocycles. The fraction of sp³-hybridized carbons (Fsp3) is 0.476. The standard InChI is InChI=1S/C21H25N3O4.ClH/c1-4-28-19-8-14-15-7-13(25)5-6-17(15)24-20(16(14)9-18(19)26-2)12-10-22-21(27-3)23-11-12;/h8-11,13,15,17,25H,4-7H2,1-3H3;1H/t13-,15-,17-;/m1./s1. The van der Waals surface area contributed by atoms with Crippen LogP contribution in [0.5, 0.6) is 17.5 Å². The van der Waals surface area contributed by atoms with Crippen LogP contribution in [0, 0.1) is 0 Å². The van der Waals surface area contributed by atoms with Gasteiger partial charge in [-0.2, -0.15) is 0 Å². The molecule has 0 radical (unpaired) electrons. The molecule has 0 spiro atoms. The minimum atomic E-state index is -0.298. The highest BCUT2D eigenvalue weighted by Gasteiger charge is 2.37. The smallest absolute Gasteiger partial charge is 0.316 e. The summed E-state index contributed by atoms with van der Waals surface area (Å²) in [6, 6.07) is 4.46. The normalized spacial score (nSPS) is 22.5. The molecular formula is C21H26ClN3O4. The number of ether oxygens (including phenoxy) is 3. The van der Waals surface area contributed by atoms with E-state index in [4.69, 9.17) is 19.2 Å². The largest absolute Gasteiger partial charge is 0.493 e. The van der Waals surface area contributed by atoms with Gasteiger partial charge in [0.05, 0.1) is 38.7 Å². The van der Waals surface area contributed by atoms with Crippen LogP contribution in [0.25, 0.3) is 0 Å². The predicted molar refractivity (Wildman–Crippen MR) is 112 cm³/mol. The number of aliphatic imine (C=N–C) groups is 1. The van der Waals surface area contributed by atoms with Gasteiger partial charge in [0.1, 0.15) is 0 Å². The van der Waals surface area contributed by atoms with Crippen LogP contribution >= 0.6 is 12.4 Å². The Hall–Kier alpha value is -2.38. The van der Waals surface area contributed by atoms with Gasteiger partial charge in [0, 0.05) is 29.4 Å². The van der Waals surface area contributed by atoms with Crippen molar-refractivity contribution in [2.24, 2.45) is 4.99 Å². The van der Waals surface area contributed by atoms with E-state index in [9.17, 15) is 5.11 Å². The highest BCUT2D eigenvalue weighted by atomic mass is 35.5. The Bertz CT molecular complexity index is 888. The first-order chi connectivity index (χ1) is 13.6. The van der Waals surface area contributed by atoms with Crippen molar-refractivity contribution in [3.05, 3.63) is 41.2 Å². The molecule has 1 N–H and O–H groups in total. The Kier molecular flexibility index (Phi) is 6.59. The summed E-state index contributed by atoms with van der Waals surface area (Å²) >= 11 is 0. The SMILES string of the molecule is CCOc1cc2c(cc1OC)C(c1cnc(OC)nc1)=N[C@@H]1CC[C@@H](O)C[C@H]21.Cl. The molecule has 2 aliphatic rings. The molecule has 1 aromatic heterocycles. The number of rotatable bonds is 5. The maximum atomic E-state index is 10.2. The average molecular weight is 420 g/mol. The van der Waals surface area contributed by atoms with E-state index in [1.54, 1.807) is 26.6 Å². The zero-order valence-corrected chi connectivity index (χ0v) is 17.6. The molecule has 1 aliphatic carbocycles. The first kappa shape index (κ1) is 21.3. The summed E-state index contributed by atoms with van der Waals surface area (Å²) in [6.45, 7) is 2.51. The summed E-state index contributed by atoms with van der Waals surface area (Å²) in [7, 11) is 3.17. The van der Waals surface area contributed by atoms with Crippen molar-refractivity contribution in [3.8, 4) is 17.5 Å². The predicted octanol–water partition coefficient (Wildman–Crippen LogP) is 3.16. The van der Waals surface area contributed by atoms with E-state index in [-0.39, 0.29) is 30.5 Å². The van der Waals surface area contributed by atoms with Crippen LogP contribution in [0.1, 0.15) is 48.8 Å². The molecule has 1 fully saturated rings. The first-order valence-corrected chi connectivity index (χ1v) is 9.62. The Balaban J connectivity index is 0.00000240. The van der Waals surface area contributed by atoms with Gasteiger partial charge in [-0.05, 0) is 43.9 Å². The van der Waals surface area contributed by atoms with Gasteiger partial charge in [-0.1, -0.05) is 0 Å². The minimum absolute atomic E-state index is 0. The molecular weight excluding hydrogens is 394 g/mol. The van der Waals surface area contributed by atoms with Crippen molar-refractivity contribution < 1.29 is 19.3 Å². The quantitative estimate of drug-likeness (QED) is 0.801. The second kappa shape index (κ2) is 8.97. The number of nitrogens with zero attached hydrogens (tertiary/aromatic N) is 3. The third-order valence-corrected chi connectivity index (χ3v) is 5.46. The van der Waals surface area contributed by atoms with Crippen molar-refractivity contribution in [2.75, 3.05) is 20.8 Å². The summed E-state index contributed by atoms with van der Waals surface area (Å²) in [6.07, 6.45) is 5.48. The first-order valence-electron chi connectivity index (χ1n) is 9.62. The summed E-state index contributed by atoms with van der Waals surface area (Å²) in [5, 5.41) is 10.2. The molecule has 2 aromatic rings. The summed E-state index contributed by atoms with van der Waals surface area (Å²) in [4.78, 5) is 13.5. The number of hydrogen-bond acceptors (Lipinski definition) is 7. The minimum Gasteiger partial charge on any atom is -0.493 e. The molecule has 4 rings (SSSR count). The number of benzene rings is 1. The third kappa shape index (κ3) is 4.02. The van der Waals surface area contributed by atoms with Gasteiger partial charge >= 0.3 is 6.01 Å². The molecule has 0 unspecified atom stereocenters. The average Bonchev–Trinajstić information content (AvgIpc) is 2.73. The molecule has 8 heteroatoms. The highest BCUT2D eigenvalue weighted by molar-refractivity contribution is 6.14. The van der Waals surface area contributed by atoms with Crippen LogP contribution in [-0.2, 0) is 0 Å². The number of aliphatic hydroxyl groups is 1. The van der Waals surface area contributed by atoms with E-state index in [1.165, 1.54) is 0 Å². The summed E-state index contributed by atoms with van der Waals surface area (Å²) < 4.78 is 16.4. The van der Waals surface area contributed by atoms with Gasteiger partial charge in [0.2, 0.25) is 0 Å². The molecule has 0 saturated heterocycles. The molecule has 0 bridgehead atoms. The van der Waals surface area contributed by atoms with Crippen LogP contribution in [0.15, 0.2) is 29.5 Å². The molecule has 7 nitrogen and oxygen atoms in total. The fourth-order valence-corrected chi connectivity index (χ4v) is 4.15. The van der Waals surface area contributed by atoms with Crippen molar-refractivity contribution >= 4 is 18.1 Å². The Morgan fingerprint density at radius 1 is 1.07 bits per heavy atom. The number of fused-ring (bicyclic) bond motifs is 3. The van der Waals surface area contributed by atoms with Gasteiger partial charge in [-0.15, -0.1) is 12.4 Å². The second-order valence-corrected chi connectivity index (χ2v) is 7.10. The molecule has 156 valence electrons. The maximum Gasteiger partial charge on any atom is 0.316 e. The zero-order chi connectivity index (χ0) is 19.7. The van der Waals surface area contributed by atoms with E-state index in [1.807, 2.05) is 19.1 Å². The number of hydrogen-bond donors (Lipinski definition) is 1. The van der Waals surface area contributed by atoms with Crippen LogP contribution < -0.4 is 14.2 Å². The lowest BCUT2D eigenvalue weighted by Gasteiger charge is -2.37. The van der Waals surface area contributed by atoms with E-state index in [2.05, 4.69) is 9.97 Å². The third-order valence-electron chi connectivity index (χ3n) is 5.46. The van der Waals surface area contributed by atoms with Gasteiger partial charge in [0.15, 0.2) is 11.5 Å². The van der Waals surface area contributed by atoms with Crippen molar-refractivity contribution in [3.63, 3.8) is 0 Å². The lowest BCUT2D eigenvalue weighted by Crippen LogP contribution is -2.34. The van der Waals surface area contributed by atoms with Gasteiger partial charge in [-0.25, -0.2) is 9.97 Å². The van der Waals surface area contributed by atoms with Crippen molar-refractivity contribution in [1.29, 1.82) is 0 Å². The van der Waals surface area contributed by atoms with Crippen LogP contribution in [-0.4, -0.2) is 53.8 Å². The Labute approximate surface area is 176 Å². The van der Waals surface area contributed by atoms with E-state index >= 15 is 0 Å². The Morgan fingerprint density at radius 3 is 2.48 bits per heavy atom. The summed E-state index contributed by atoms with van der Waals surface area (Å²) in [5.74, 6) is 1.54. The highest BCUT2D eigenvalue weighted by Crippen LogP contribution is 2.44. The number of aromatic nitrogens is 2. The zero-order valence-electron chi connectivity index (χ0n) is 16.8. The van der Waals surface area contributed by atoms with E-state index in [0.717, 1.165) is 41.0 Å². The number of aliphatic hydroxyl groups excluding tert-OH is 1. The van der Waals surface area contributed by atoms with Crippen molar-refractivity contribution in [2.45, 2.75) is 44.2 Å². The molecule has 3 atom stereocenters. The van der Waals surface area contributed by atoms with E-state index in [0.29, 0.717) is 24.8 Å². The second-order valence-electron chi connectivity index (χ2n) is 7.10. The van der Waals surface area contributed by atoms with Gasteiger partial charge in [0.25, 0.3) is 0 Å². The van der Waals surface area contributed by atoms with Gasteiger partial charge in [-0.3, -0.25) is 4.99 Å². The maximum absolute atomic E-state index is 10.2. The van der Waals surface area contributed by atoms with Crippen LogP contribution in [0.4, 0.5) is 0 Å². The molecule has 1 aromatic carbocycles. The molecule has 29 heavy (non-hydrogen) atoms. The molecule has 1 aliphatic heterocycles. The number of methoxy groups -OCH3 is 2. The van der Waals surface area contributed by atoms with Gasteiger partial charge < -0.3 is 19.3 Å². The lowest BCUT2D eigenvalue weighted by molar-refractivity contribution is 0.111. The summed E-state index contributed by atoms with van der Waals surface area (Å²) in [5.41, 5.74) is 3.78. The molecule has 0 amide bonds. The Morgan fingerprint density at radius 2 is 1.83 bits per heavy atom. The monoisotopic (exact) mass is 419 g/mol. The lowest BCUT2D eigenvalue weighted by atomic mass is 9.74. The van der Waals surface area contributed by atoms with Crippen molar-refractivity contribution in [1.82, 2.24) is 9.97 Å². The van der Waals surface area contributed by atoms with Crippen LogP contribution in [0.2, 0.25) is 0 Å². The number of halogens is 1. The fourth-order valence-electron chi connectivity index (χ4n) is 4.15. The van der Waals surface area contributed by atoms with Crippen LogP contribution in [0.3, 0.4) is 0 Å².